The van der Waals surface area contributed by atoms with E-state index in [0.29, 0.717) is 12.4 Å². The van der Waals surface area contributed by atoms with Crippen LogP contribution in [0.2, 0.25) is 0 Å². The molecule has 2 rings (SSSR count). The van der Waals surface area contributed by atoms with Crippen molar-refractivity contribution in [2.45, 2.75) is 25.6 Å². The standard InChI is InChI=1S/C13H16FN3O/c1-9(18)8-17-7-6-16-13(17)12(15)10-2-4-11(14)5-3-10/h2-7,9,12,18H,8,15H2,1H3. The maximum Gasteiger partial charge on any atom is 0.130 e. The number of hydrogen-bond donors (Lipinski definition) is 2. The molecule has 0 aliphatic rings. The van der Waals surface area contributed by atoms with Crippen LogP contribution in [0.25, 0.3) is 0 Å². The summed E-state index contributed by atoms with van der Waals surface area (Å²) < 4.78 is 14.7. The predicted octanol–water partition coefficient (Wildman–Crippen LogP) is 1.45. The summed E-state index contributed by atoms with van der Waals surface area (Å²) in [4.78, 5) is 4.20. The minimum Gasteiger partial charge on any atom is -0.392 e. The summed E-state index contributed by atoms with van der Waals surface area (Å²) in [6.45, 7) is 2.14. The van der Waals surface area contributed by atoms with E-state index in [0.717, 1.165) is 5.56 Å². The quantitative estimate of drug-likeness (QED) is 0.862. The molecular formula is C13H16FN3O. The molecule has 1 aromatic heterocycles. The lowest BCUT2D eigenvalue weighted by atomic mass is 10.1. The van der Waals surface area contributed by atoms with E-state index in [1.807, 2.05) is 0 Å². The van der Waals surface area contributed by atoms with E-state index in [1.165, 1.54) is 12.1 Å². The van der Waals surface area contributed by atoms with Gasteiger partial charge in [-0.15, -0.1) is 0 Å². The Kier molecular flexibility index (Phi) is 3.74. The average Bonchev–Trinajstić information content (AvgIpc) is 2.76. The number of nitrogens with zero attached hydrogens (tertiary/aromatic N) is 2. The number of halogens is 1. The topological polar surface area (TPSA) is 64.1 Å². The van der Waals surface area contributed by atoms with Crippen LogP contribution in [0.5, 0.6) is 0 Å². The summed E-state index contributed by atoms with van der Waals surface area (Å²) in [5.41, 5.74) is 6.89. The molecular weight excluding hydrogens is 233 g/mol. The van der Waals surface area contributed by atoms with Gasteiger partial charge >= 0.3 is 0 Å². The van der Waals surface area contributed by atoms with Crippen molar-refractivity contribution < 1.29 is 9.50 Å². The van der Waals surface area contributed by atoms with Gasteiger partial charge in [-0.2, -0.15) is 0 Å². The molecule has 0 aliphatic carbocycles. The number of rotatable bonds is 4. The number of aliphatic hydroxyl groups is 1. The normalized spacial score (nSPS) is 14.4. The first kappa shape index (κ1) is 12.7. The van der Waals surface area contributed by atoms with Gasteiger partial charge in [0.1, 0.15) is 11.6 Å². The highest BCUT2D eigenvalue weighted by molar-refractivity contribution is 5.25. The Morgan fingerprint density at radius 1 is 1.39 bits per heavy atom. The number of aromatic nitrogens is 2. The Hall–Kier alpha value is -1.72. The SMILES string of the molecule is CC(O)Cn1ccnc1C(N)c1ccc(F)cc1. The molecule has 2 unspecified atom stereocenters. The van der Waals surface area contributed by atoms with Crippen molar-refractivity contribution >= 4 is 0 Å². The fraction of sp³-hybridized carbons (Fsp3) is 0.308. The fourth-order valence-corrected chi connectivity index (χ4v) is 1.86. The first-order valence-electron chi connectivity index (χ1n) is 5.78. The van der Waals surface area contributed by atoms with Gasteiger partial charge in [-0.05, 0) is 24.6 Å². The average molecular weight is 249 g/mol. The molecule has 0 radical (unpaired) electrons. The van der Waals surface area contributed by atoms with Crippen molar-refractivity contribution in [2.75, 3.05) is 0 Å². The minimum absolute atomic E-state index is 0.293. The Morgan fingerprint density at radius 2 is 2.06 bits per heavy atom. The van der Waals surface area contributed by atoms with Gasteiger partial charge in [0.2, 0.25) is 0 Å². The maximum atomic E-state index is 12.8. The molecule has 1 heterocycles. The first-order chi connectivity index (χ1) is 8.58. The van der Waals surface area contributed by atoms with Gasteiger partial charge in [-0.25, -0.2) is 9.37 Å². The van der Waals surface area contributed by atoms with Crippen LogP contribution in [0.1, 0.15) is 24.4 Å². The molecule has 0 saturated heterocycles. The summed E-state index contributed by atoms with van der Waals surface area (Å²) in [7, 11) is 0. The Morgan fingerprint density at radius 3 is 2.67 bits per heavy atom. The van der Waals surface area contributed by atoms with Crippen molar-refractivity contribution in [3.63, 3.8) is 0 Å². The molecule has 1 aromatic carbocycles. The third-order valence-corrected chi connectivity index (χ3v) is 2.72. The number of imidazole rings is 1. The number of aliphatic hydroxyl groups excluding tert-OH is 1. The maximum absolute atomic E-state index is 12.8. The monoisotopic (exact) mass is 249 g/mol. The van der Waals surface area contributed by atoms with E-state index in [4.69, 9.17) is 5.73 Å². The largest absolute Gasteiger partial charge is 0.392 e. The molecule has 96 valence electrons. The van der Waals surface area contributed by atoms with Gasteiger partial charge in [-0.1, -0.05) is 12.1 Å². The highest BCUT2D eigenvalue weighted by atomic mass is 19.1. The molecule has 0 fully saturated rings. The van der Waals surface area contributed by atoms with Crippen molar-refractivity contribution in [3.05, 3.63) is 53.9 Å². The van der Waals surface area contributed by atoms with Crippen LogP contribution in [0.15, 0.2) is 36.7 Å². The third kappa shape index (κ3) is 2.75. The van der Waals surface area contributed by atoms with Crippen LogP contribution >= 0.6 is 0 Å². The number of nitrogens with two attached hydrogens (primary N) is 1. The predicted molar refractivity (Wildman–Crippen MR) is 66.3 cm³/mol. The summed E-state index contributed by atoms with van der Waals surface area (Å²) in [6.07, 6.45) is 2.94. The summed E-state index contributed by atoms with van der Waals surface area (Å²) in [6, 6.07) is 5.59. The molecule has 18 heavy (non-hydrogen) atoms. The smallest absolute Gasteiger partial charge is 0.130 e. The highest BCUT2D eigenvalue weighted by Crippen LogP contribution is 2.18. The Bertz CT molecular complexity index is 507. The van der Waals surface area contributed by atoms with Gasteiger partial charge in [0.25, 0.3) is 0 Å². The van der Waals surface area contributed by atoms with Crippen LogP contribution in [0, 0.1) is 5.82 Å². The molecule has 0 aliphatic heterocycles. The first-order valence-corrected chi connectivity index (χ1v) is 5.78. The Labute approximate surface area is 105 Å². The van der Waals surface area contributed by atoms with E-state index in [9.17, 15) is 9.50 Å². The van der Waals surface area contributed by atoms with Crippen molar-refractivity contribution in [1.29, 1.82) is 0 Å². The van der Waals surface area contributed by atoms with Crippen LogP contribution in [0.3, 0.4) is 0 Å². The molecule has 0 amide bonds. The van der Waals surface area contributed by atoms with Gasteiger partial charge < -0.3 is 15.4 Å². The Balaban J connectivity index is 2.25. The minimum atomic E-state index is -0.474. The molecule has 5 heteroatoms. The van der Waals surface area contributed by atoms with Gasteiger partial charge in [-0.3, -0.25) is 0 Å². The molecule has 3 N–H and O–H groups in total. The van der Waals surface area contributed by atoms with E-state index in [1.54, 1.807) is 36.0 Å². The number of hydrogen-bond acceptors (Lipinski definition) is 3. The zero-order valence-corrected chi connectivity index (χ0v) is 10.1. The second-order valence-corrected chi connectivity index (χ2v) is 4.32. The summed E-state index contributed by atoms with van der Waals surface area (Å²) >= 11 is 0. The van der Waals surface area contributed by atoms with Gasteiger partial charge in [0, 0.05) is 18.9 Å². The van der Waals surface area contributed by atoms with Crippen LogP contribution in [-0.2, 0) is 6.54 Å². The van der Waals surface area contributed by atoms with Crippen LogP contribution in [-0.4, -0.2) is 20.8 Å². The van der Waals surface area contributed by atoms with Crippen LogP contribution in [0.4, 0.5) is 4.39 Å². The molecule has 0 saturated carbocycles. The molecule has 0 spiro atoms. The second kappa shape index (κ2) is 5.29. The van der Waals surface area contributed by atoms with Crippen molar-refractivity contribution in [3.8, 4) is 0 Å². The highest BCUT2D eigenvalue weighted by Gasteiger charge is 2.15. The molecule has 4 nitrogen and oxygen atoms in total. The molecule has 0 bridgehead atoms. The van der Waals surface area contributed by atoms with E-state index in [-0.39, 0.29) is 5.82 Å². The molecule has 2 aromatic rings. The lowest BCUT2D eigenvalue weighted by molar-refractivity contribution is 0.172. The second-order valence-electron chi connectivity index (χ2n) is 4.32. The summed E-state index contributed by atoms with van der Waals surface area (Å²) in [5.74, 6) is 0.362. The van der Waals surface area contributed by atoms with E-state index < -0.39 is 12.1 Å². The zero-order valence-electron chi connectivity index (χ0n) is 10.1. The lowest BCUT2D eigenvalue weighted by Gasteiger charge is -2.15. The van der Waals surface area contributed by atoms with E-state index >= 15 is 0 Å². The van der Waals surface area contributed by atoms with Gasteiger partial charge in [0.05, 0.1) is 12.1 Å². The summed E-state index contributed by atoms with van der Waals surface area (Å²) in [5, 5.41) is 9.40. The number of benzene rings is 1. The van der Waals surface area contributed by atoms with Crippen molar-refractivity contribution in [2.24, 2.45) is 5.73 Å². The zero-order chi connectivity index (χ0) is 13.1. The molecule has 2 atom stereocenters. The van der Waals surface area contributed by atoms with E-state index in [2.05, 4.69) is 4.98 Å². The van der Waals surface area contributed by atoms with Crippen LogP contribution < -0.4 is 5.73 Å². The lowest BCUT2D eigenvalue weighted by Crippen LogP contribution is -2.21. The fourth-order valence-electron chi connectivity index (χ4n) is 1.86. The van der Waals surface area contributed by atoms with Crippen molar-refractivity contribution in [1.82, 2.24) is 9.55 Å². The van der Waals surface area contributed by atoms with Gasteiger partial charge in [0.15, 0.2) is 0 Å². The third-order valence-electron chi connectivity index (χ3n) is 2.72.